The van der Waals surface area contributed by atoms with E-state index in [2.05, 4.69) is 24.9 Å². The van der Waals surface area contributed by atoms with Gasteiger partial charge in [-0.1, -0.05) is 49.7 Å². The zero-order valence-electron chi connectivity index (χ0n) is 18.2. The molecule has 3 rings (SSSR count). The number of hydrogen-bond donors (Lipinski definition) is 0. The first-order chi connectivity index (χ1) is 14.9. The van der Waals surface area contributed by atoms with Gasteiger partial charge in [0, 0.05) is 21.4 Å². The Hall–Kier alpha value is -2.65. The largest absolute Gasteiger partial charge is 0.478 e. The van der Waals surface area contributed by atoms with Crippen LogP contribution >= 0.6 is 11.6 Å². The molecular weight excluding hydrogens is 412 g/mol. The van der Waals surface area contributed by atoms with Crippen molar-refractivity contribution in [2.24, 2.45) is 5.41 Å². The van der Waals surface area contributed by atoms with Gasteiger partial charge in [-0.2, -0.15) is 5.26 Å². The molecule has 5 nitrogen and oxygen atoms in total. The Bertz CT molecular complexity index is 1080. The van der Waals surface area contributed by atoms with Crippen LogP contribution in [0.15, 0.2) is 48.5 Å². The van der Waals surface area contributed by atoms with Crippen molar-refractivity contribution in [2.75, 3.05) is 19.8 Å². The number of fused-ring (bicyclic) bond motifs is 1. The van der Waals surface area contributed by atoms with Gasteiger partial charge in [-0.15, -0.1) is 0 Å². The van der Waals surface area contributed by atoms with Gasteiger partial charge in [0.15, 0.2) is 6.61 Å². The van der Waals surface area contributed by atoms with Gasteiger partial charge >= 0.3 is 0 Å². The van der Waals surface area contributed by atoms with Crippen LogP contribution in [0.5, 0.6) is 5.75 Å². The molecule has 3 aromatic rings. The summed E-state index contributed by atoms with van der Waals surface area (Å²) < 4.78 is 17.5. The molecule has 0 radical (unpaired) electrons. The highest BCUT2D eigenvalue weighted by Gasteiger charge is 2.20. The molecule has 162 valence electrons. The lowest BCUT2D eigenvalue weighted by molar-refractivity contribution is -0.0152. The molecule has 1 aromatic heterocycles. The van der Waals surface area contributed by atoms with Crippen LogP contribution in [0.2, 0.25) is 5.02 Å². The molecule has 2 aromatic carbocycles. The monoisotopic (exact) mass is 438 g/mol. The lowest BCUT2D eigenvalue weighted by atomic mass is 9.96. The van der Waals surface area contributed by atoms with Gasteiger partial charge in [-0.3, -0.25) is 4.98 Å². The minimum absolute atomic E-state index is 0.0163. The summed E-state index contributed by atoms with van der Waals surface area (Å²) in [5, 5.41) is 10.5. The number of pyridine rings is 1. The van der Waals surface area contributed by atoms with Crippen molar-refractivity contribution >= 4 is 22.5 Å². The maximum absolute atomic E-state index is 8.81. The van der Waals surface area contributed by atoms with E-state index in [0.717, 1.165) is 27.7 Å². The predicted molar refractivity (Wildman–Crippen MR) is 122 cm³/mol. The van der Waals surface area contributed by atoms with E-state index in [4.69, 9.17) is 31.1 Å². The summed E-state index contributed by atoms with van der Waals surface area (Å²) in [5.74, 6) is 0.655. The third kappa shape index (κ3) is 6.67. The topological polar surface area (TPSA) is 64.4 Å². The maximum atomic E-state index is 8.81. The maximum Gasteiger partial charge on any atom is 0.174 e. The number of aromatic nitrogens is 1. The van der Waals surface area contributed by atoms with Crippen molar-refractivity contribution in [1.82, 2.24) is 4.98 Å². The van der Waals surface area contributed by atoms with Crippen molar-refractivity contribution < 1.29 is 14.2 Å². The molecule has 31 heavy (non-hydrogen) atoms. The number of halogens is 1. The predicted octanol–water partition coefficient (Wildman–Crippen LogP) is 5.86. The number of benzene rings is 2. The third-order valence-electron chi connectivity index (χ3n) is 4.75. The van der Waals surface area contributed by atoms with Crippen molar-refractivity contribution in [3.05, 3.63) is 70.4 Å². The molecule has 0 fully saturated rings. The second-order valence-corrected chi connectivity index (χ2v) is 8.74. The molecule has 0 aliphatic rings. The molecule has 0 amide bonds. The van der Waals surface area contributed by atoms with Crippen LogP contribution in [0.4, 0.5) is 0 Å². The minimum Gasteiger partial charge on any atom is -0.478 e. The van der Waals surface area contributed by atoms with Crippen LogP contribution in [-0.4, -0.2) is 24.8 Å². The summed E-state index contributed by atoms with van der Waals surface area (Å²) in [5.41, 5.74) is 3.41. The SMILES string of the molecule is Cc1cc(Cl)cc(COCC(C)(C)COCc2ccc3ccccc3n2)c1OCC#N. The second kappa shape index (κ2) is 10.6. The highest BCUT2D eigenvalue weighted by Crippen LogP contribution is 2.29. The van der Waals surface area contributed by atoms with E-state index in [-0.39, 0.29) is 12.0 Å². The Balaban J connectivity index is 1.51. The number of aryl methyl sites for hydroxylation is 1. The highest BCUT2D eigenvalue weighted by atomic mass is 35.5. The van der Waals surface area contributed by atoms with Crippen LogP contribution in [-0.2, 0) is 22.7 Å². The first-order valence-electron chi connectivity index (χ1n) is 10.2. The molecular formula is C25H27ClN2O3. The number of ether oxygens (including phenoxy) is 3. The van der Waals surface area contributed by atoms with Crippen LogP contribution < -0.4 is 4.74 Å². The van der Waals surface area contributed by atoms with Crippen LogP contribution in [0.25, 0.3) is 10.9 Å². The molecule has 0 aliphatic carbocycles. The standard InChI is InChI=1S/C25H27ClN2O3/c1-18-12-21(26)13-20(24(18)31-11-10-27)14-29-16-25(2,3)17-30-15-22-9-8-19-6-4-5-7-23(19)28-22/h4-9,12-13H,11,14-17H2,1-3H3. The Morgan fingerprint density at radius 3 is 2.55 bits per heavy atom. The number of nitriles is 1. The van der Waals surface area contributed by atoms with E-state index < -0.39 is 0 Å². The molecule has 0 bridgehead atoms. The van der Waals surface area contributed by atoms with Crippen LogP contribution in [0.3, 0.4) is 0 Å². The van der Waals surface area contributed by atoms with Crippen molar-refractivity contribution in [3.63, 3.8) is 0 Å². The van der Waals surface area contributed by atoms with Gasteiger partial charge in [0.05, 0.1) is 37.6 Å². The minimum atomic E-state index is -0.182. The van der Waals surface area contributed by atoms with Gasteiger partial charge < -0.3 is 14.2 Å². The van der Waals surface area contributed by atoms with E-state index in [0.29, 0.717) is 37.2 Å². The first kappa shape index (κ1) is 23.0. The van der Waals surface area contributed by atoms with Gasteiger partial charge in [-0.05, 0) is 36.8 Å². The summed E-state index contributed by atoms with van der Waals surface area (Å²) in [4.78, 5) is 4.64. The summed E-state index contributed by atoms with van der Waals surface area (Å²) in [6.45, 7) is 7.91. The number of hydrogen-bond acceptors (Lipinski definition) is 5. The Morgan fingerprint density at radius 2 is 1.77 bits per heavy atom. The summed E-state index contributed by atoms with van der Waals surface area (Å²) in [7, 11) is 0. The number of para-hydroxylation sites is 1. The normalized spacial score (nSPS) is 11.5. The first-order valence-corrected chi connectivity index (χ1v) is 10.5. The average molecular weight is 439 g/mol. The lowest BCUT2D eigenvalue weighted by Gasteiger charge is -2.24. The van der Waals surface area contributed by atoms with Gasteiger partial charge in [-0.25, -0.2) is 0 Å². The molecule has 0 unspecified atom stereocenters. The van der Waals surface area contributed by atoms with Gasteiger partial charge in [0.25, 0.3) is 0 Å². The Kier molecular flexibility index (Phi) is 7.86. The molecule has 0 saturated heterocycles. The van der Waals surface area contributed by atoms with Crippen molar-refractivity contribution in [2.45, 2.75) is 34.0 Å². The molecule has 1 heterocycles. The van der Waals surface area contributed by atoms with E-state index in [1.165, 1.54) is 0 Å². The van der Waals surface area contributed by atoms with Gasteiger partial charge in [0.2, 0.25) is 0 Å². The van der Waals surface area contributed by atoms with Crippen molar-refractivity contribution in [1.29, 1.82) is 5.26 Å². The molecule has 0 spiro atoms. The Morgan fingerprint density at radius 1 is 1.03 bits per heavy atom. The summed E-state index contributed by atoms with van der Waals surface area (Å²) >= 11 is 6.19. The fourth-order valence-electron chi connectivity index (χ4n) is 3.32. The highest BCUT2D eigenvalue weighted by molar-refractivity contribution is 6.30. The Labute approximate surface area is 188 Å². The lowest BCUT2D eigenvalue weighted by Crippen LogP contribution is -2.25. The fraction of sp³-hybridized carbons (Fsp3) is 0.360. The van der Waals surface area contributed by atoms with Crippen LogP contribution in [0, 0.1) is 23.7 Å². The van der Waals surface area contributed by atoms with E-state index in [9.17, 15) is 0 Å². The molecule has 6 heteroatoms. The smallest absolute Gasteiger partial charge is 0.174 e. The molecule has 0 atom stereocenters. The van der Waals surface area contributed by atoms with E-state index >= 15 is 0 Å². The molecule has 0 N–H and O–H groups in total. The average Bonchev–Trinajstić information content (AvgIpc) is 2.73. The summed E-state index contributed by atoms with van der Waals surface area (Å²) in [6.07, 6.45) is 0. The number of rotatable bonds is 10. The quantitative estimate of drug-likeness (QED) is 0.396. The number of nitrogens with zero attached hydrogens (tertiary/aromatic N) is 2. The van der Waals surface area contributed by atoms with E-state index in [1.54, 1.807) is 0 Å². The fourth-order valence-corrected chi connectivity index (χ4v) is 3.61. The van der Waals surface area contributed by atoms with Crippen molar-refractivity contribution in [3.8, 4) is 11.8 Å². The zero-order valence-corrected chi connectivity index (χ0v) is 18.9. The van der Waals surface area contributed by atoms with Gasteiger partial charge in [0.1, 0.15) is 11.8 Å². The second-order valence-electron chi connectivity index (χ2n) is 8.30. The van der Waals surface area contributed by atoms with Crippen LogP contribution in [0.1, 0.15) is 30.7 Å². The zero-order chi connectivity index (χ0) is 22.3. The molecule has 0 aliphatic heterocycles. The third-order valence-corrected chi connectivity index (χ3v) is 4.96. The summed E-state index contributed by atoms with van der Waals surface area (Å²) in [6, 6.07) is 17.7. The molecule has 0 saturated carbocycles. The van der Waals surface area contributed by atoms with E-state index in [1.807, 2.05) is 55.5 Å².